The third-order valence-corrected chi connectivity index (χ3v) is 5.21. The van der Waals surface area contributed by atoms with E-state index in [0.717, 1.165) is 16.8 Å². The van der Waals surface area contributed by atoms with E-state index in [1.807, 2.05) is 37.3 Å². The first-order valence-electron chi connectivity index (χ1n) is 9.34. The number of aromatic nitrogens is 2. The average Bonchev–Trinajstić information content (AvgIpc) is 3.02. The molecule has 1 aliphatic heterocycles. The number of amides is 2. The largest absolute Gasteiger partial charge is 0.497 e. The normalized spacial score (nSPS) is 18.0. The summed E-state index contributed by atoms with van der Waals surface area (Å²) in [7, 11) is 3.39. The lowest BCUT2D eigenvalue weighted by atomic mass is 9.81. The lowest BCUT2D eigenvalue weighted by molar-refractivity contribution is -0.118. The van der Waals surface area contributed by atoms with Crippen LogP contribution in [0.4, 0.5) is 5.82 Å². The molecule has 2 amide bonds. The monoisotopic (exact) mass is 390 g/mol. The minimum absolute atomic E-state index is 0.280. The minimum Gasteiger partial charge on any atom is -0.497 e. The zero-order valence-electron chi connectivity index (χ0n) is 16.5. The van der Waals surface area contributed by atoms with Crippen molar-refractivity contribution in [2.24, 2.45) is 7.05 Å². The highest BCUT2D eigenvalue weighted by molar-refractivity contribution is 6.03. The van der Waals surface area contributed by atoms with E-state index < -0.39 is 12.0 Å². The zero-order valence-corrected chi connectivity index (χ0v) is 16.5. The number of rotatable bonds is 4. The Morgan fingerprint density at radius 3 is 2.66 bits per heavy atom. The zero-order chi connectivity index (χ0) is 20.5. The average molecular weight is 390 g/mol. The Morgan fingerprint density at radius 1 is 1.17 bits per heavy atom. The maximum atomic E-state index is 13.0. The summed E-state index contributed by atoms with van der Waals surface area (Å²) in [6, 6.07) is 15.6. The first kappa shape index (κ1) is 18.7. The van der Waals surface area contributed by atoms with Crippen LogP contribution in [0.5, 0.6) is 5.75 Å². The third kappa shape index (κ3) is 3.35. The lowest BCUT2D eigenvalue weighted by Crippen LogP contribution is -2.50. The maximum Gasteiger partial charge on any atom is 0.251 e. The molecule has 148 valence electrons. The van der Waals surface area contributed by atoms with Gasteiger partial charge in [0.05, 0.1) is 12.8 Å². The van der Waals surface area contributed by atoms with E-state index in [-0.39, 0.29) is 11.8 Å². The molecule has 0 bridgehead atoms. The number of aryl methyl sites for hydroxylation is 2. The van der Waals surface area contributed by atoms with Crippen molar-refractivity contribution in [1.29, 1.82) is 0 Å². The van der Waals surface area contributed by atoms with Crippen LogP contribution in [-0.2, 0) is 11.8 Å². The van der Waals surface area contributed by atoms with Crippen LogP contribution in [-0.4, -0.2) is 34.7 Å². The first-order valence-corrected chi connectivity index (χ1v) is 9.34. The van der Waals surface area contributed by atoms with E-state index in [2.05, 4.69) is 15.7 Å². The number of carbonyl (C=O) groups is 2. The summed E-state index contributed by atoms with van der Waals surface area (Å²) in [6.07, 6.45) is 0. The molecule has 7 heteroatoms. The van der Waals surface area contributed by atoms with Gasteiger partial charge >= 0.3 is 0 Å². The topological polar surface area (TPSA) is 85.2 Å². The molecule has 2 N–H and O–H groups in total. The Bertz CT molecular complexity index is 1070. The van der Waals surface area contributed by atoms with E-state index in [1.54, 1.807) is 43.1 Å². The number of carbonyl (C=O) groups excluding carboxylic acids is 2. The fourth-order valence-corrected chi connectivity index (χ4v) is 3.86. The number of benzene rings is 2. The maximum absolute atomic E-state index is 13.0. The van der Waals surface area contributed by atoms with Crippen LogP contribution in [0, 0.1) is 6.92 Å². The van der Waals surface area contributed by atoms with Crippen LogP contribution in [0.2, 0.25) is 0 Å². The van der Waals surface area contributed by atoms with E-state index in [0.29, 0.717) is 17.1 Å². The van der Waals surface area contributed by atoms with Gasteiger partial charge in [0.25, 0.3) is 5.91 Å². The first-order chi connectivity index (χ1) is 14.0. The SMILES string of the molecule is COc1cccc([C@@H]2c3c(C)nn(C)c3NC(=O)[C@@H]2NC(=O)c2ccccc2)c1. The Kier molecular flexibility index (Phi) is 4.80. The second kappa shape index (κ2) is 7.43. The Balaban J connectivity index is 1.80. The molecule has 0 saturated heterocycles. The molecule has 1 aromatic heterocycles. The molecule has 0 spiro atoms. The fourth-order valence-electron chi connectivity index (χ4n) is 3.86. The van der Waals surface area contributed by atoms with E-state index in [9.17, 15) is 9.59 Å². The lowest BCUT2D eigenvalue weighted by Gasteiger charge is -2.32. The van der Waals surface area contributed by atoms with Crippen molar-refractivity contribution in [1.82, 2.24) is 15.1 Å². The van der Waals surface area contributed by atoms with Gasteiger partial charge in [-0.2, -0.15) is 5.10 Å². The van der Waals surface area contributed by atoms with Gasteiger partial charge in [0.15, 0.2) is 0 Å². The molecule has 3 aromatic rings. The van der Waals surface area contributed by atoms with Crippen molar-refractivity contribution in [3.05, 3.63) is 77.0 Å². The molecule has 7 nitrogen and oxygen atoms in total. The number of nitrogens with zero attached hydrogens (tertiary/aromatic N) is 2. The molecule has 2 aromatic carbocycles. The standard InChI is InChI=1S/C22H22N4O3/c1-13-17-18(15-10-7-11-16(12-15)29-3)19(22(28)24-20(17)26(2)25-13)23-21(27)14-8-5-4-6-9-14/h4-12,18-19H,1-3H3,(H,23,27)(H,24,28)/t18-,19-/m1/s1. The molecule has 1 aliphatic rings. The summed E-state index contributed by atoms with van der Waals surface area (Å²) >= 11 is 0. The molecule has 4 rings (SSSR count). The number of methoxy groups -OCH3 is 1. The van der Waals surface area contributed by atoms with Crippen LogP contribution in [0.15, 0.2) is 54.6 Å². The third-order valence-electron chi connectivity index (χ3n) is 5.21. The van der Waals surface area contributed by atoms with Crippen LogP contribution >= 0.6 is 0 Å². The highest BCUT2D eigenvalue weighted by Gasteiger charge is 2.41. The summed E-state index contributed by atoms with van der Waals surface area (Å²) in [5, 5.41) is 10.3. The highest BCUT2D eigenvalue weighted by atomic mass is 16.5. The number of fused-ring (bicyclic) bond motifs is 1. The van der Waals surface area contributed by atoms with Crippen molar-refractivity contribution in [3.8, 4) is 5.75 Å². The highest BCUT2D eigenvalue weighted by Crippen LogP contribution is 2.40. The van der Waals surface area contributed by atoms with Crippen LogP contribution < -0.4 is 15.4 Å². The van der Waals surface area contributed by atoms with Gasteiger partial charge in [-0.05, 0) is 36.8 Å². The summed E-state index contributed by atoms with van der Waals surface area (Å²) in [4.78, 5) is 25.8. The molecule has 2 atom stereocenters. The number of nitrogens with one attached hydrogen (secondary N) is 2. The van der Waals surface area contributed by atoms with Gasteiger partial charge in [-0.15, -0.1) is 0 Å². The van der Waals surface area contributed by atoms with Crippen molar-refractivity contribution < 1.29 is 14.3 Å². The summed E-state index contributed by atoms with van der Waals surface area (Å²) in [6.45, 7) is 1.90. The second-order valence-electron chi connectivity index (χ2n) is 7.03. The molecular weight excluding hydrogens is 368 g/mol. The van der Waals surface area contributed by atoms with Crippen molar-refractivity contribution in [2.75, 3.05) is 12.4 Å². The Hall–Kier alpha value is -3.61. The quantitative estimate of drug-likeness (QED) is 0.717. The molecule has 0 fully saturated rings. The molecule has 29 heavy (non-hydrogen) atoms. The smallest absolute Gasteiger partial charge is 0.251 e. The van der Waals surface area contributed by atoms with Crippen molar-refractivity contribution >= 4 is 17.6 Å². The van der Waals surface area contributed by atoms with Gasteiger partial charge in [-0.25, -0.2) is 0 Å². The van der Waals surface area contributed by atoms with Gasteiger partial charge < -0.3 is 15.4 Å². The van der Waals surface area contributed by atoms with Crippen LogP contribution in [0.1, 0.15) is 33.1 Å². The van der Waals surface area contributed by atoms with Gasteiger partial charge in [0, 0.05) is 24.1 Å². The Labute approximate surface area is 168 Å². The predicted octanol–water partition coefficient (Wildman–Crippen LogP) is 2.62. The number of hydrogen-bond acceptors (Lipinski definition) is 4. The molecule has 0 saturated carbocycles. The molecule has 0 unspecified atom stereocenters. The summed E-state index contributed by atoms with van der Waals surface area (Å²) < 4.78 is 7.03. The predicted molar refractivity (Wildman–Crippen MR) is 109 cm³/mol. The van der Waals surface area contributed by atoms with E-state index >= 15 is 0 Å². The minimum atomic E-state index is -0.787. The fraction of sp³-hybridized carbons (Fsp3) is 0.227. The molecule has 0 aliphatic carbocycles. The summed E-state index contributed by atoms with van der Waals surface area (Å²) in [5.41, 5.74) is 3.06. The summed E-state index contributed by atoms with van der Waals surface area (Å²) in [5.74, 6) is 0.353. The number of anilines is 1. The van der Waals surface area contributed by atoms with Gasteiger partial charge in [-0.3, -0.25) is 14.3 Å². The van der Waals surface area contributed by atoms with Crippen LogP contribution in [0.3, 0.4) is 0 Å². The van der Waals surface area contributed by atoms with Gasteiger partial charge in [0.1, 0.15) is 17.6 Å². The molecule has 2 heterocycles. The van der Waals surface area contributed by atoms with Crippen LogP contribution in [0.25, 0.3) is 0 Å². The van der Waals surface area contributed by atoms with E-state index in [1.165, 1.54) is 0 Å². The van der Waals surface area contributed by atoms with Gasteiger partial charge in [0.2, 0.25) is 5.91 Å². The van der Waals surface area contributed by atoms with Crippen molar-refractivity contribution in [2.45, 2.75) is 18.9 Å². The van der Waals surface area contributed by atoms with Gasteiger partial charge in [-0.1, -0.05) is 30.3 Å². The van der Waals surface area contributed by atoms with Crippen molar-refractivity contribution in [3.63, 3.8) is 0 Å². The Morgan fingerprint density at radius 2 is 1.93 bits per heavy atom. The molecule has 0 radical (unpaired) electrons. The van der Waals surface area contributed by atoms with E-state index in [4.69, 9.17) is 4.74 Å². The second-order valence-corrected chi connectivity index (χ2v) is 7.03. The number of ether oxygens (including phenoxy) is 1. The molecular formula is C22H22N4O3. The number of hydrogen-bond donors (Lipinski definition) is 2.